The Labute approximate surface area is 261 Å². The van der Waals surface area contributed by atoms with E-state index in [4.69, 9.17) is 4.42 Å². The van der Waals surface area contributed by atoms with Crippen LogP contribution in [-0.4, -0.2) is 9.13 Å². The fourth-order valence-electron chi connectivity index (χ4n) is 6.84. The Morgan fingerprint density at radius 3 is 2.18 bits per heavy atom. The highest BCUT2D eigenvalue weighted by atomic mass is 16.3. The summed E-state index contributed by atoms with van der Waals surface area (Å²) < 4.78 is 10.9. The van der Waals surface area contributed by atoms with Gasteiger partial charge in [-0.1, -0.05) is 68.1 Å². The number of fused-ring (bicyclic) bond motifs is 6. The van der Waals surface area contributed by atoms with Gasteiger partial charge < -0.3 is 13.6 Å². The number of nitriles is 2. The second-order valence-corrected chi connectivity index (χ2v) is 11.0. The lowest BCUT2D eigenvalue weighted by molar-refractivity contribution is 0.607. The molecule has 45 heavy (non-hydrogen) atoms. The molecule has 0 amide bonds. The molecule has 0 atom stereocenters. The van der Waals surface area contributed by atoms with Crippen molar-refractivity contribution in [3.63, 3.8) is 0 Å². The van der Waals surface area contributed by atoms with Gasteiger partial charge in [-0.15, -0.1) is 0 Å². The fraction of sp³-hybridized carbons (Fsp3) is 0.100. The Balaban J connectivity index is 1.71. The zero-order chi connectivity index (χ0) is 31.2. The Kier molecular flexibility index (Phi) is 6.73. The highest BCUT2D eigenvalue weighted by Crippen LogP contribution is 2.43. The van der Waals surface area contributed by atoms with E-state index in [9.17, 15) is 10.5 Å². The van der Waals surface area contributed by atoms with E-state index in [0.29, 0.717) is 16.9 Å². The molecule has 3 heterocycles. The molecular formula is C40H30N4O. The van der Waals surface area contributed by atoms with Crippen LogP contribution in [0.3, 0.4) is 0 Å². The van der Waals surface area contributed by atoms with Gasteiger partial charge in [0, 0.05) is 27.4 Å². The molecule has 4 aromatic carbocycles. The third kappa shape index (κ3) is 3.99. The van der Waals surface area contributed by atoms with Crippen molar-refractivity contribution in [3.8, 4) is 23.5 Å². The van der Waals surface area contributed by atoms with Crippen LogP contribution < -0.4 is 0 Å². The molecule has 0 saturated carbocycles. The number of hydrogen-bond acceptors (Lipinski definition) is 3. The molecule has 7 aromatic rings. The van der Waals surface area contributed by atoms with E-state index >= 15 is 0 Å². The second-order valence-electron chi connectivity index (χ2n) is 11.0. The minimum Gasteiger partial charge on any atom is -0.455 e. The number of benzene rings is 4. The molecule has 0 spiro atoms. The molecule has 0 fully saturated rings. The number of allylic oxidation sites excluding steroid dienone is 2. The zero-order valence-corrected chi connectivity index (χ0v) is 25.4. The number of hydrogen-bond donors (Lipinski definition) is 0. The van der Waals surface area contributed by atoms with Crippen molar-refractivity contribution < 1.29 is 4.42 Å². The molecule has 0 unspecified atom stereocenters. The van der Waals surface area contributed by atoms with Gasteiger partial charge in [0.05, 0.1) is 50.5 Å². The third-order valence-electron chi connectivity index (χ3n) is 8.58. The lowest BCUT2D eigenvalue weighted by Crippen LogP contribution is -2.08. The number of aromatic nitrogens is 2. The summed E-state index contributed by atoms with van der Waals surface area (Å²) in [5.74, 6) is 0.716. The SMILES string of the molecule is C=Cc1oc2c(ccc3c2c2ccccc2n3-c2cc(C#N)cc(C#N)c2-n2c(/C=C\C)c(CC)c3ccccc32)c1/C=C\C. The van der Waals surface area contributed by atoms with Crippen LogP contribution in [0.4, 0.5) is 0 Å². The molecule has 5 heteroatoms. The summed E-state index contributed by atoms with van der Waals surface area (Å²) in [6.07, 6.45) is 10.8. The first kappa shape index (κ1) is 27.8. The van der Waals surface area contributed by atoms with E-state index in [1.807, 2.05) is 56.3 Å². The fourth-order valence-corrected chi connectivity index (χ4v) is 6.84. The lowest BCUT2D eigenvalue weighted by Gasteiger charge is -2.19. The second kappa shape index (κ2) is 10.9. The normalized spacial score (nSPS) is 11.8. The zero-order valence-electron chi connectivity index (χ0n) is 25.4. The van der Waals surface area contributed by atoms with Gasteiger partial charge in [-0.3, -0.25) is 0 Å². The molecule has 5 nitrogen and oxygen atoms in total. The first-order valence-electron chi connectivity index (χ1n) is 15.1. The van der Waals surface area contributed by atoms with Crippen molar-refractivity contribution in [2.45, 2.75) is 27.2 Å². The molecule has 0 bridgehead atoms. The van der Waals surface area contributed by atoms with E-state index in [0.717, 1.165) is 72.7 Å². The Morgan fingerprint density at radius 2 is 1.51 bits per heavy atom. The van der Waals surface area contributed by atoms with E-state index in [2.05, 4.69) is 83.3 Å². The van der Waals surface area contributed by atoms with Gasteiger partial charge in [-0.05, 0) is 74.4 Å². The maximum Gasteiger partial charge on any atom is 0.145 e. The quantitative estimate of drug-likeness (QED) is 0.196. The van der Waals surface area contributed by atoms with E-state index in [1.165, 1.54) is 5.56 Å². The summed E-state index contributed by atoms with van der Waals surface area (Å²) in [5.41, 5.74) is 9.17. The summed E-state index contributed by atoms with van der Waals surface area (Å²) in [6, 6.07) is 29.1. The van der Waals surface area contributed by atoms with Crippen LogP contribution in [0.5, 0.6) is 0 Å². The van der Waals surface area contributed by atoms with Crippen LogP contribution >= 0.6 is 0 Å². The molecule has 216 valence electrons. The van der Waals surface area contributed by atoms with Crippen LogP contribution in [0.1, 0.15) is 54.5 Å². The van der Waals surface area contributed by atoms with Crippen LogP contribution in [-0.2, 0) is 6.42 Å². The highest BCUT2D eigenvalue weighted by Gasteiger charge is 2.25. The van der Waals surface area contributed by atoms with Crippen LogP contribution in [0.2, 0.25) is 0 Å². The minimum absolute atomic E-state index is 0.416. The third-order valence-corrected chi connectivity index (χ3v) is 8.58. The molecular weight excluding hydrogens is 552 g/mol. The average molecular weight is 583 g/mol. The van der Waals surface area contributed by atoms with Gasteiger partial charge in [0.25, 0.3) is 0 Å². The smallest absolute Gasteiger partial charge is 0.145 e. The maximum atomic E-state index is 10.6. The minimum atomic E-state index is 0.416. The van der Waals surface area contributed by atoms with Gasteiger partial charge in [0.1, 0.15) is 17.4 Å². The van der Waals surface area contributed by atoms with Crippen LogP contribution in [0.25, 0.3) is 73.3 Å². The van der Waals surface area contributed by atoms with Gasteiger partial charge in [0.15, 0.2) is 0 Å². The van der Waals surface area contributed by atoms with Crippen molar-refractivity contribution in [1.29, 1.82) is 10.5 Å². The molecule has 0 aliphatic carbocycles. The predicted molar refractivity (Wildman–Crippen MR) is 186 cm³/mol. The van der Waals surface area contributed by atoms with Gasteiger partial charge >= 0.3 is 0 Å². The van der Waals surface area contributed by atoms with Gasteiger partial charge in [0.2, 0.25) is 0 Å². The van der Waals surface area contributed by atoms with E-state index < -0.39 is 0 Å². The summed E-state index contributed by atoms with van der Waals surface area (Å²) >= 11 is 0. The Bertz CT molecular complexity index is 2480. The van der Waals surface area contributed by atoms with Crippen molar-refractivity contribution in [1.82, 2.24) is 9.13 Å². The van der Waals surface area contributed by atoms with E-state index in [1.54, 1.807) is 12.1 Å². The van der Waals surface area contributed by atoms with Crippen molar-refractivity contribution >= 4 is 61.9 Å². The largest absolute Gasteiger partial charge is 0.455 e. The molecule has 7 rings (SSSR count). The van der Waals surface area contributed by atoms with Gasteiger partial charge in [-0.25, -0.2) is 0 Å². The first-order chi connectivity index (χ1) is 22.1. The van der Waals surface area contributed by atoms with Crippen molar-refractivity contribution in [2.75, 3.05) is 0 Å². The van der Waals surface area contributed by atoms with E-state index in [-0.39, 0.29) is 0 Å². The Hall–Kier alpha value is -6.04. The maximum absolute atomic E-state index is 10.6. The molecule has 0 aliphatic rings. The highest BCUT2D eigenvalue weighted by molar-refractivity contribution is 6.21. The number of rotatable bonds is 6. The van der Waals surface area contributed by atoms with Crippen molar-refractivity contribution in [3.05, 3.63) is 125 Å². The lowest BCUT2D eigenvalue weighted by atomic mass is 10.1. The monoisotopic (exact) mass is 582 g/mol. The standard InChI is InChI=1S/C40H30N4O/c1-5-13-29-30-19-20-35-38(40(30)45-37(29)8-4)31-16-10-12-18-34(31)43(35)36-22-25(23-41)21-26(24-42)39(36)44-32(14-6-2)27(7-3)28-15-9-11-17-33(28)44/h5-6,8-22H,4,7H2,1-3H3/b13-5-,14-6-. The number of nitrogens with zero attached hydrogens (tertiary/aromatic N) is 4. The predicted octanol–water partition coefficient (Wildman–Crippen LogP) is 10.5. The first-order valence-corrected chi connectivity index (χ1v) is 15.1. The summed E-state index contributed by atoms with van der Waals surface area (Å²) in [4.78, 5) is 0. The average Bonchev–Trinajstić information content (AvgIpc) is 3.71. The number of para-hydroxylation sites is 2. The van der Waals surface area contributed by atoms with Crippen molar-refractivity contribution in [2.24, 2.45) is 0 Å². The van der Waals surface area contributed by atoms with Crippen LogP contribution in [0, 0.1) is 22.7 Å². The van der Waals surface area contributed by atoms with Gasteiger partial charge in [-0.2, -0.15) is 10.5 Å². The van der Waals surface area contributed by atoms with Crippen LogP contribution in [0.15, 0.2) is 95.9 Å². The molecule has 0 N–H and O–H groups in total. The summed E-state index contributed by atoms with van der Waals surface area (Å²) in [6.45, 7) is 10.2. The molecule has 0 aliphatic heterocycles. The number of aryl methyl sites for hydroxylation is 1. The molecule has 0 saturated heterocycles. The molecule has 0 radical (unpaired) electrons. The summed E-state index contributed by atoms with van der Waals surface area (Å²) in [7, 11) is 0. The molecule has 3 aromatic heterocycles. The topological polar surface area (TPSA) is 70.6 Å². The summed E-state index contributed by atoms with van der Waals surface area (Å²) in [5, 5.41) is 24.9. The number of furan rings is 1. The Morgan fingerprint density at radius 1 is 0.800 bits per heavy atom.